The highest BCUT2D eigenvalue weighted by Gasteiger charge is 2.27. The third kappa shape index (κ3) is 4.39. The van der Waals surface area contributed by atoms with Gasteiger partial charge < -0.3 is 16.4 Å². The Kier molecular flexibility index (Phi) is 5.50. The number of hydrogen-bond acceptors (Lipinski definition) is 4. The summed E-state index contributed by atoms with van der Waals surface area (Å²) in [6, 6.07) is 7.37. The van der Waals surface area contributed by atoms with Crippen molar-refractivity contribution in [1.82, 2.24) is 4.90 Å². The van der Waals surface area contributed by atoms with E-state index < -0.39 is 5.91 Å². The molecule has 1 aromatic carbocycles. The summed E-state index contributed by atoms with van der Waals surface area (Å²) in [7, 11) is 0. The molecule has 0 bridgehead atoms. The summed E-state index contributed by atoms with van der Waals surface area (Å²) < 4.78 is 0. The lowest BCUT2D eigenvalue weighted by molar-refractivity contribution is -0.135. The van der Waals surface area contributed by atoms with Crippen molar-refractivity contribution in [2.45, 2.75) is 31.1 Å². The molecule has 4 N–H and O–H groups in total. The standard InChI is InChI=1S/C15H21N3O2S/c16-12-6-2-1-5-11(12)9-18(10-14(17)19)15(20)13-7-3-4-8-21-13/h1-2,5-6,13H,3-4,7-10,16H2,(H2,17,19). The minimum atomic E-state index is -0.501. The first-order valence-corrected chi connectivity index (χ1v) is 8.15. The number of thioether (sulfide) groups is 1. The largest absolute Gasteiger partial charge is 0.398 e. The number of carbonyl (C=O) groups excluding carboxylic acids is 2. The molecule has 6 heteroatoms. The van der Waals surface area contributed by atoms with Crippen LogP contribution < -0.4 is 11.5 Å². The zero-order valence-corrected chi connectivity index (χ0v) is 12.8. The zero-order valence-electron chi connectivity index (χ0n) is 12.0. The van der Waals surface area contributed by atoms with Crippen LogP contribution in [0.1, 0.15) is 24.8 Å². The molecule has 2 amide bonds. The topological polar surface area (TPSA) is 89.4 Å². The molecule has 5 nitrogen and oxygen atoms in total. The Morgan fingerprint density at radius 1 is 1.29 bits per heavy atom. The Morgan fingerprint density at radius 3 is 2.67 bits per heavy atom. The molecule has 21 heavy (non-hydrogen) atoms. The molecule has 0 radical (unpaired) electrons. The molecule has 114 valence electrons. The van der Waals surface area contributed by atoms with Crippen LogP contribution in [-0.4, -0.2) is 34.3 Å². The Bertz CT molecular complexity index is 515. The second-order valence-electron chi connectivity index (χ2n) is 5.21. The van der Waals surface area contributed by atoms with Crippen molar-refractivity contribution in [3.05, 3.63) is 29.8 Å². The number of nitrogens with zero attached hydrogens (tertiary/aromatic N) is 1. The molecule has 0 saturated carbocycles. The van der Waals surface area contributed by atoms with Crippen LogP contribution in [0.4, 0.5) is 5.69 Å². The first-order valence-electron chi connectivity index (χ1n) is 7.10. The summed E-state index contributed by atoms with van der Waals surface area (Å²) in [4.78, 5) is 25.4. The number of rotatable bonds is 5. The second-order valence-corrected chi connectivity index (χ2v) is 6.53. The van der Waals surface area contributed by atoms with Gasteiger partial charge in [-0.1, -0.05) is 24.6 Å². The van der Waals surface area contributed by atoms with E-state index in [-0.39, 0.29) is 17.7 Å². The highest BCUT2D eigenvalue weighted by Crippen LogP contribution is 2.27. The third-order valence-electron chi connectivity index (χ3n) is 3.53. The van der Waals surface area contributed by atoms with Crippen LogP contribution in [-0.2, 0) is 16.1 Å². The van der Waals surface area contributed by atoms with Gasteiger partial charge in [-0.25, -0.2) is 0 Å². The first kappa shape index (κ1) is 15.7. The lowest BCUT2D eigenvalue weighted by Gasteiger charge is -2.28. The van der Waals surface area contributed by atoms with E-state index in [1.807, 2.05) is 18.2 Å². The zero-order chi connectivity index (χ0) is 15.2. The quantitative estimate of drug-likeness (QED) is 0.804. The Morgan fingerprint density at radius 2 is 2.05 bits per heavy atom. The fourth-order valence-electron chi connectivity index (χ4n) is 2.42. The number of para-hydroxylation sites is 1. The highest BCUT2D eigenvalue weighted by atomic mass is 32.2. The number of hydrogen-bond donors (Lipinski definition) is 2. The molecule has 2 rings (SSSR count). The van der Waals surface area contributed by atoms with E-state index >= 15 is 0 Å². The van der Waals surface area contributed by atoms with Crippen LogP contribution in [0.2, 0.25) is 0 Å². The van der Waals surface area contributed by atoms with Crippen molar-refractivity contribution in [3.63, 3.8) is 0 Å². The SMILES string of the molecule is NC(=O)CN(Cc1ccccc1N)C(=O)C1CCCCS1. The smallest absolute Gasteiger partial charge is 0.237 e. The predicted octanol–water partition coefficient (Wildman–Crippen LogP) is 1.37. The van der Waals surface area contributed by atoms with Crippen LogP contribution in [0.5, 0.6) is 0 Å². The Balaban J connectivity index is 2.11. The van der Waals surface area contributed by atoms with E-state index in [1.54, 1.807) is 17.8 Å². The fraction of sp³-hybridized carbons (Fsp3) is 0.467. The first-order chi connectivity index (χ1) is 10.1. The van der Waals surface area contributed by atoms with E-state index in [9.17, 15) is 9.59 Å². The predicted molar refractivity (Wildman–Crippen MR) is 85.6 cm³/mol. The number of carbonyl (C=O) groups is 2. The fourth-order valence-corrected chi connectivity index (χ4v) is 3.70. The summed E-state index contributed by atoms with van der Waals surface area (Å²) in [6.07, 6.45) is 3.07. The van der Waals surface area contributed by atoms with Gasteiger partial charge in [0.1, 0.15) is 0 Å². The number of benzene rings is 1. The van der Waals surface area contributed by atoms with Crippen LogP contribution in [0, 0.1) is 0 Å². The monoisotopic (exact) mass is 307 g/mol. The number of amides is 2. The van der Waals surface area contributed by atoms with Gasteiger partial charge in [-0.3, -0.25) is 9.59 Å². The Hall–Kier alpha value is -1.69. The van der Waals surface area contributed by atoms with E-state index in [2.05, 4.69) is 0 Å². The van der Waals surface area contributed by atoms with E-state index in [1.165, 1.54) is 4.90 Å². The van der Waals surface area contributed by atoms with Gasteiger partial charge in [0.15, 0.2) is 0 Å². The maximum Gasteiger partial charge on any atom is 0.237 e. The van der Waals surface area contributed by atoms with Crippen molar-refractivity contribution in [2.24, 2.45) is 5.73 Å². The van der Waals surface area contributed by atoms with Gasteiger partial charge >= 0.3 is 0 Å². The molecular weight excluding hydrogens is 286 g/mol. The summed E-state index contributed by atoms with van der Waals surface area (Å²) in [5.41, 5.74) is 12.7. The van der Waals surface area contributed by atoms with Crippen LogP contribution >= 0.6 is 11.8 Å². The van der Waals surface area contributed by atoms with E-state index in [0.717, 1.165) is 30.6 Å². The summed E-state index contributed by atoms with van der Waals surface area (Å²) >= 11 is 1.67. The van der Waals surface area contributed by atoms with Crippen molar-refractivity contribution in [3.8, 4) is 0 Å². The Labute approximate surface area is 129 Å². The maximum absolute atomic E-state index is 12.6. The summed E-state index contributed by atoms with van der Waals surface area (Å²) in [6.45, 7) is 0.260. The van der Waals surface area contributed by atoms with Crippen molar-refractivity contribution >= 4 is 29.3 Å². The van der Waals surface area contributed by atoms with E-state index in [4.69, 9.17) is 11.5 Å². The average molecular weight is 307 g/mol. The molecule has 0 aromatic heterocycles. The second kappa shape index (κ2) is 7.36. The lowest BCUT2D eigenvalue weighted by Crippen LogP contribution is -2.43. The molecular formula is C15H21N3O2S. The molecule has 1 atom stereocenters. The molecule has 1 aliphatic rings. The van der Waals surface area contributed by atoms with Gasteiger partial charge in [0.25, 0.3) is 0 Å². The molecule has 1 saturated heterocycles. The molecule has 0 aliphatic carbocycles. The molecule has 1 aromatic rings. The molecule has 1 unspecified atom stereocenters. The van der Waals surface area contributed by atoms with E-state index in [0.29, 0.717) is 12.2 Å². The number of anilines is 1. The molecule has 1 aliphatic heterocycles. The molecule has 0 spiro atoms. The van der Waals surface area contributed by atoms with Crippen LogP contribution in [0.3, 0.4) is 0 Å². The van der Waals surface area contributed by atoms with Gasteiger partial charge in [0.05, 0.1) is 11.8 Å². The average Bonchev–Trinajstić information content (AvgIpc) is 2.48. The highest BCUT2D eigenvalue weighted by molar-refractivity contribution is 8.00. The summed E-state index contributed by atoms with van der Waals surface area (Å²) in [5.74, 6) is 0.481. The van der Waals surface area contributed by atoms with Crippen LogP contribution in [0.25, 0.3) is 0 Å². The minimum absolute atomic E-state index is 0.0123. The van der Waals surface area contributed by atoms with Crippen LogP contribution in [0.15, 0.2) is 24.3 Å². The third-order valence-corrected chi connectivity index (χ3v) is 4.89. The molecule has 1 heterocycles. The normalized spacial score (nSPS) is 18.2. The number of nitrogens with two attached hydrogens (primary N) is 2. The lowest BCUT2D eigenvalue weighted by atomic mass is 10.1. The number of primary amides is 1. The van der Waals surface area contributed by atoms with Crippen molar-refractivity contribution in [2.75, 3.05) is 18.0 Å². The maximum atomic E-state index is 12.6. The number of nitrogen functional groups attached to an aromatic ring is 1. The van der Waals surface area contributed by atoms with Gasteiger partial charge in [-0.15, -0.1) is 11.8 Å². The minimum Gasteiger partial charge on any atom is -0.398 e. The van der Waals surface area contributed by atoms with Gasteiger partial charge in [-0.2, -0.15) is 0 Å². The van der Waals surface area contributed by atoms with Gasteiger partial charge in [0.2, 0.25) is 11.8 Å². The summed E-state index contributed by atoms with van der Waals surface area (Å²) in [5, 5.41) is -0.0666. The molecule has 1 fully saturated rings. The van der Waals surface area contributed by atoms with Gasteiger partial charge in [-0.05, 0) is 30.2 Å². The van der Waals surface area contributed by atoms with Crippen molar-refractivity contribution in [1.29, 1.82) is 0 Å². The van der Waals surface area contributed by atoms with Gasteiger partial charge in [0, 0.05) is 12.2 Å². The van der Waals surface area contributed by atoms with Crippen molar-refractivity contribution < 1.29 is 9.59 Å².